The predicted molar refractivity (Wildman–Crippen MR) is 116 cm³/mol. The fourth-order valence-electron chi connectivity index (χ4n) is 4.14. The average Bonchev–Trinajstić information content (AvgIpc) is 2.62. The van der Waals surface area contributed by atoms with Gasteiger partial charge in [-0.3, -0.25) is 4.98 Å². The molecule has 0 spiro atoms. The van der Waals surface area contributed by atoms with E-state index in [1.165, 1.54) is 61.7 Å². The van der Waals surface area contributed by atoms with Gasteiger partial charge in [0.05, 0.1) is 5.52 Å². The zero-order chi connectivity index (χ0) is 18.5. The quantitative estimate of drug-likeness (QED) is 0.609. The highest BCUT2D eigenvalue weighted by atomic mass is 79.9. The van der Waals surface area contributed by atoms with Gasteiger partial charge in [0.1, 0.15) is 0 Å². The second-order valence-electron chi connectivity index (χ2n) is 8.05. The Morgan fingerprint density at radius 3 is 2.65 bits per heavy atom. The van der Waals surface area contributed by atoms with Crippen molar-refractivity contribution in [3.8, 4) is 0 Å². The number of nitrogens with zero attached hydrogens (tertiary/aromatic N) is 2. The van der Waals surface area contributed by atoms with Crippen molar-refractivity contribution in [3.05, 3.63) is 34.4 Å². The van der Waals surface area contributed by atoms with Crippen molar-refractivity contribution in [2.45, 2.75) is 57.9 Å². The molecule has 0 amide bonds. The molecule has 0 aliphatic heterocycles. The summed E-state index contributed by atoms with van der Waals surface area (Å²) in [6, 6.07) is 7.00. The van der Waals surface area contributed by atoms with E-state index in [9.17, 15) is 0 Å². The Balaban J connectivity index is 1.80. The van der Waals surface area contributed by atoms with Crippen LogP contribution in [-0.2, 0) is 6.42 Å². The van der Waals surface area contributed by atoms with Gasteiger partial charge >= 0.3 is 0 Å². The summed E-state index contributed by atoms with van der Waals surface area (Å²) in [5.74, 6) is 0.853. The molecule has 0 saturated heterocycles. The van der Waals surface area contributed by atoms with Crippen molar-refractivity contribution in [1.29, 1.82) is 0 Å². The van der Waals surface area contributed by atoms with Crippen LogP contribution in [0.1, 0.15) is 51.0 Å². The lowest BCUT2D eigenvalue weighted by Gasteiger charge is -2.32. The molecular weight excluding hydrogens is 386 g/mol. The Kier molecular flexibility index (Phi) is 6.93. The monoisotopic (exact) mass is 417 g/mol. The molecule has 1 N–H and O–H groups in total. The number of pyridine rings is 1. The van der Waals surface area contributed by atoms with Crippen LogP contribution in [0.2, 0.25) is 0 Å². The highest BCUT2D eigenvalue weighted by molar-refractivity contribution is 9.10. The van der Waals surface area contributed by atoms with E-state index in [0.717, 1.165) is 22.3 Å². The van der Waals surface area contributed by atoms with Crippen LogP contribution >= 0.6 is 15.9 Å². The molecule has 1 aliphatic rings. The van der Waals surface area contributed by atoms with Gasteiger partial charge < -0.3 is 10.2 Å². The highest BCUT2D eigenvalue weighted by Gasteiger charge is 2.22. The molecule has 4 heteroatoms. The molecular formula is C22H32BrN3. The standard InChI is InChI=1S/C22H32BrN3/c1-4-5-6-17-14-24-21-12-9-18(23)13-20(21)22(17)25-19-10-7-16(8-11-19)15-26(2)3/h9,12-14,16,19H,4-8,10-11,15H2,1-3H3,(H,24,25)/t16-,19-. The summed E-state index contributed by atoms with van der Waals surface area (Å²) >= 11 is 3.64. The Hall–Kier alpha value is -1.13. The van der Waals surface area contributed by atoms with Crippen molar-refractivity contribution in [2.24, 2.45) is 5.92 Å². The summed E-state index contributed by atoms with van der Waals surface area (Å²) in [6.07, 6.45) is 10.8. The fraction of sp³-hybridized carbons (Fsp3) is 0.591. The van der Waals surface area contributed by atoms with E-state index in [1.54, 1.807) is 0 Å². The number of fused-ring (bicyclic) bond motifs is 1. The fourth-order valence-corrected chi connectivity index (χ4v) is 4.50. The molecule has 0 radical (unpaired) electrons. The summed E-state index contributed by atoms with van der Waals surface area (Å²) in [7, 11) is 4.37. The largest absolute Gasteiger partial charge is 0.381 e. The number of anilines is 1. The maximum atomic E-state index is 4.71. The third-order valence-electron chi connectivity index (χ3n) is 5.53. The summed E-state index contributed by atoms with van der Waals surface area (Å²) in [4.78, 5) is 7.04. The van der Waals surface area contributed by atoms with Gasteiger partial charge in [-0.1, -0.05) is 29.3 Å². The van der Waals surface area contributed by atoms with Crippen LogP contribution in [0.3, 0.4) is 0 Å². The molecule has 1 heterocycles. The summed E-state index contributed by atoms with van der Waals surface area (Å²) in [5, 5.41) is 5.18. The normalized spacial score (nSPS) is 20.7. The molecule has 1 aliphatic carbocycles. The highest BCUT2D eigenvalue weighted by Crippen LogP contribution is 2.33. The molecule has 1 fully saturated rings. The van der Waals surface area contributed by atoms with Crippen LogP contribution in [0.25, 0.3) is 10.9 Å². The van der Waals surface area contributed by atoms with Crippen LogP contribution in [0, 0.1) is 5.92 Å². The van der Waals surface area contributed by atoms with Crippen molar-refractivity contribution in [3.63, 3.8) is 0 Å². The smallest absolute Gasteiger partial charge is 0.0723 e. The Bertz CT molecular complexity index is 721. The number of unbranched alkanes of at least 4 members (excludes halogenated alkanes) is 1. The molecule has 3 nitrogen and oxygen atoms in total. The topological polar surface area (TPSA) is 28.2 Å². The second kappa shape index (κ2) is 9.18. The van der Waals surface area contributed by atoms with E-state index in [4.69, 9.17) is 4.98 Å². The number of halogens is 1. The van der Waals surface area contributed by atoms with E-state index in [1.807, 2.05) is 0 Å². The van der Waals surface area contributed by atoms with Gasteiger partial charge in [0, 0.05) is 34.3 Å². The Morgan fingerprint density at radius 1 is 1.19 bits per heavy atom. The number of aromatic nitrogens is 1. The molecule has 0 atom stereocenters. The first kappa shape index (κ1) is 19.6. The maximum absolute atomic E-state index is 4.71. The van der Waals surface area contributed by atoms with Crippen molar-refractivity contribution >= 4 is 32.5 Å². The van der Waals surface area contributed by atoms with Crippen LogP contribution in [0.5, 0.6) is 0 Å². The maximum Gasteiger partial charge on any atom is 0.0723 e. The SMILES string of the molecule is CCCCc1cnc2ccc(Br)cc2c1N[C@H]1CC[C@H](CN(C)C)CC1. The lowest BCUT2D eigenvalue weighted by molar-refractivity contribution is 0.255. The number of rotatable bonds is 7. The van der Waals surface area contributed by atoms with E-state index in [0.29, 0.717) is 6.04 Å². The zero-order valence-corrected chi connectivity index (χ0v) is 18.0. The molecule has 0 unspecified atom stereocenters. The van der Waals surface area contributed by atoms with Gasteiger partial charge in [0.25, 0.3) is 0 Å². The van der Waals surface area contributed by atoms with Crippen molar-refractivity contribution in [2.75, 3.05) is 26.0 Å². The van der Waals surface area contributed by atoms with E-state index < -0.39 is 0 Å². The molecule has 142 valence electrons. The minimum Gasteiger partial charge on any atom is -0.381 e. The first-order valence-electron chi connectivity index (χ1n) is 10.0. The molecule has 0 bridgehead atoms. The number of hydrogen-bond acceptors (Lipinski definition) is 3. The van der Waals surface area contributed by atoms with E-state index >= 15 is 0 Å². The number of aryl methyl sites for hydroxylation is 1. The summed E-state index contributed by atoms with van der Waals surface area (Å²) in [6.45, 7) is 3.48. The minimum absolute atomic E-state index is 0.582. The Labute approximate surface area is 166 Å². The van der Waals surface area contributed by atoms with Gasteiger partial charge in [-0.2, -0.15) is 0 Å². The zero-order valence-electron chi connectivity index (χ0n) is 16.4. The van der Waals surface area contributed by atoms with Gasteiger partial charge in [-0.15, -0.1) is 0 Å². The first-order valence-corrected chi connectivity index (χ1v) is 10.8. The van der Waals surface area contributed by atoms with E-state index in [-0.39, 0.29) is 0 Å². The van der Waals surface area contributed by atoms with Gasteiger partial charge in [-0.05, 0) is 82.3 Å². The molecule has 1 saturated carbocycles. The van der Waals surface area contributed by atoms with Crippen LogP contribution in [0.4, 0.5) is 5.69 Å². The van der Waals surface area contributed by atoms with Crippen LogP contribution in [-0.4, -0.2) is 36.6 Å². The van der Waals surface area contributed by atoms with E-state index in [2.05, 4.69) is 71.6 Å². The summed E-state index contributed by atoms with van der Waals surface area (Å²) in [5.41, 5.74) is 3.77. The van der Waals surface area contributed by atoms with Crippen molar-refractivity contribution in [1.82, 2.24) is 9.88 Å². The van der Waals surface area contributed by atoms with Crippen LogP contribution < -0.4 is 5.32 Å². The predicted octanol–water partition coefficient (Wildman–Crippen LogP) is 5.87. The molecule has 1 aromatic heterocycles. The lowest BCUT2D eigenvalue weighted by atomic mass is 9.85. The van der Waals surface area contributed by atoms with Gasteiger partial charge in [0.15, 0.2) is 0 Å². The average molecular weight is 418 g/mol. The molecule has 2 aromatic rings. The lowest BCUT2D eigenvalue weighted by Crippen LogP contribution is -2.31. The molecule has 26 heavy (non-hydrogen) atoms. The molecule has 1 aromatic carbocycles. The number of hydrogen-bond donors (Lipinski definition) is 1. The van der Waals surface area contributed by atoms with Gasteiger partial charge in [-0.25, -0.2) is 0 Å². The third-order valence-corrected chi connectivity index (χ3v) is 6.02. The number of nitrogens with one attached hydrogen (secondary N) is 1. The second-order valence-corrected chi connectivity index (χ2v) is 8.96. The molecule has 3 rings (SSSR count). The van der Waals surface area contributed by atoms with Crippen molar-refractivity contribution < 1.29 is 0 Å². The first-order chi connectivity index (χ1) is 12.6. The van der Waals surface area contributed by atoms with Gasteiger partial charge in [0.2, 0.25) is 0 Å². The third kappa shape index (κ3) is 4.98. The van der Waals surface area contributed by atoms with Crippen LogP contribution in [0.15, 0.2) is 28.9 Å². The Morgan fingerprint density at radius 2 is 1.96 bits per heavy atom. The summed E-state index contributed by atoms with van der Waals surface area (Å²) < 4.78 is 1.12. The minimum atomic E-state index is 0.582. The number of benzene rings is 1.